The van der Waals surface area contributed by atoms with Crippen LogP contribution in [-0.4, -0.2) is 48.5 Å². The number of rotatable bonds is 10. The third-order valence-corrected chi connectivity index (χ3v) is 8.33. The molecule has 0 saturated heterocycles. The lowest BCUT2D eigenvalue weighted by molar-refractivity contribution is -0.274. The minimum Gasteiger partial charge on any atom is -0.406 e. The molecule has 4 rings (SSSR count). The molecule has 8 nitrogen and oxygen atoms in total. The Hall–Kier alpha value is -3.45. The first-order chi connectivity index (χ1) is 22.6. The van der Waals surface area contributed by atoms with Crippen molar-refractivity contribution in [2.75, 3.05) is 18.0 Å². The van der Waals surface area contributed by atoms with Crippen LogP contribution in [0.25, 0.3) is 17.1 Å². The Morgan fingerprint density at radius 3 is 2.35 bits per heavy atom. The molecule has 0 radical (unpaired) electrons. The number of hydrogen-bond acceptors (Lipinski definition) is 5. The van der Waals surface area contributed by atoms with Gasteiger partial charge in [-0.3, -0.25) is 0 Å². The first-order valence-electron chi connectivity index (χ1n) is 15.0. The predicted octanol–water partition coefficient (Wildman–Crippen LogP) is 9.85. The molecule has 15 heteroatoms. The van der Waals surface area contributed by atoms with Crippen LogP contribution in [0, 0.1) is 6.92 Å². The lowest BCUT2D eigenvalue weighted by Gasteiger charge is -2.30. The highest BCUT2D eigenvalue weighted by atomic mass is 35.6. The Balaban J connectivity index is 1.41. The molecule has 1 aromatic heterocycles. The zero-order chi connectivity index (χ0) is 35.1. The van der Waals surface area contributed by atoms with Gasteiger partial charge in [0.15, 0.2) is 11.0 Å². The molecular weight excluding hydrogens is 708 g/mol. The second kappa shape index (κ2) is 16.3. The number of urea groups is 1. The van der Waals surface area contributed by atoms with Crippen LogP contribution < -0.4 is 15.0 Å². The summed E-state index contributed by atoms with van der Waals surface area (Å²) in [6.45, 7) is 9.10. The van der Waals surface area contributed by atoms with Crippen LogP contribution in [0.15, 0.2) is 78.0 Å². The maximum absolute atomic E-state index is 13.0. The Kier molecular flexibility index (Phi) is 12.7. The standard InChI is InChI=1S/C33H34Cl3F3N6O2S/c1-5-18-44(28-19-22(4)6-15-27(28)21(2)3)31(48-32(34,35)36)42-30(46)40-17-16-23-7-9-24(10-8-23)29-41-20-45(43-29)25-11-13-26(14-12-25)47-33(37,38)39/h6-15,19-21H,5,16-18H2,1-4H3,(H,40,46)/b42-31-. The molecule has 0 saturated carbocycles. The number of nitrogens with one attached hydrogen (secondary N) is 1. The number of thioether (sulfide) groups is 1. The van der Waals surface area contributed by atoms with Crippen LogP contribution in [-0.2, 0) is 6.42 Å². The molecule has 0 unspecified atom stereocenters. The van der Waals surface area contributed by atoms with Crippen molar-refractivity contribution in [3.8, 4) is 22.8 Å². The second-order valence-corrected chi connectivity index (χ2v) is 15.2. The van der Waals surface area contributed by atoms with Gasteiger partial charge in [0.05, 0.1) is 5.69 Å². The molecule has 0 aliphatic rings. The van der Waals surface area contributed by atoms with Crippen LogP contribution >= 0.6 is 46.6 Å². The van der Waals surface area contributed by atoms with Gasteiger partial charge in [-0.25, -0.2) is 14.5 Å². The van der Waals surface area contributed by atoms with Crippen molar-refractivity contribution >= 4 is 63.5 Å². The Morgan fingerprint density at radius 1 is 1.06 bits per heavy atom. The average molecular weight is 742 g/mol. The van der Waals surface area contributed by atoms with Gasteiger partial charge in [0, 0.05) is 24.3 Å². The summed E-state index contributed by atoms with van der Waals surface area (Å²) in [5.74, 6) is 0.325. The summed E-state index contributed by atoms with van der Waals surface area (Å²) in [7, 11) is 0. The van der Waals surface area contributed by atoms with E-state index < -0.39 is 15.5 Å². The minimum absolute atomic E-state index is 0.216. The Labute approximate surface area is 296 Å². The summed E-state index contributed by atoms with van der Waals surface area (Å²) in [6, 6.07) is 18.4. The summed E-state index contributed by atoms with van der Waals surface area (Å²) in [5, 5.41) is 7.54. The van der Waals surface area contributed by atoms with Crippen LogP contribution in [0.2, 0.25) is 0 Å². The van der Waals surface area contributed by atoms with E-state index in [9.17, 15) is 18.0 Å². The van der Waals surface area contributed by atoms with E-state index in [-0.39, 0.29) is 16.8 Å². The van der Waals surface area contributed by atoms with Gasteiger partial charge in [0.1, 0.15) is 12.1 Å². The lowest BCUT2D eigenvalue weighted by Crippen LogP contribution is -2.34. The number of carbonyl (C=O) groups excluding carboxylic acids is 1. The third-order valence-electron chi connectivity index (χ3n) is 6.91. The zero-order valence-corrected chi connectivity index (χ0v) is 29.6. The number of ether oxygens (including phenoxy) is 1. The Morgan fingerprint density at radius 2 is 1.75 bits per heavy atom. The zero-order valence-electron chi connectivity index (χ0n) is 26.6. The fourth-order valence-electron chi connectivity index (χ4n) is 4.74. The van der Waals surface area contributed by atoms with Gasteiger partial charge in [-0.15, -0.1) is 18.3 Å². The van der Waals surface area contributed by atoms with Crippen LogP contribution in [0.1, 0.15) is 49.8 Å². The van der Waals surface area contributed by atoms with Gasteiger partial charge >= 0.3 is 12.4 Å². The normalized spacial score (nSPS) is 12.4. The summed E-state index contributed by atoms with van der Waals surface area (Å²) in [6.07, 6.45) is -2.00. The smallest absolute Gasteiger partial charge is 0.406 e. The van der Waals surface area contributed by atoms with E-state index in [1.54, 1.807) is 0 Å². The third kappa shape index (κ3) is 11.0. The molecule has 0 bridgehead atoms. The van der Waals surface area contributed by atoms with Gasteiger partial charge in [0.2, 0.25) is 3.12 Å². The maximum Gasteiger partial charge on any atom is 0.573 e. The molecule has 0 aliphatic carbocycles. The molecule has 0 fully saturated rings. The number of hydrogen-bond donors (Lipinski definition) is 1. The highest BCUT2D eigenvalue weighted by Crippen LogP contribution is 2.42. The van der Waals surface area contributed by atoms with Crippen molar-refractivity contribution in [1.82, 2.24) is 20.1 Å². The molecule has 0 atom stereocenters. The molecule has 1 heterocycles. The molecule has 256 valence electrons. The number of benzene rings is 3. The number of alkyl halides is 6. The van der Waals surface area contributed by atoms with E-state index >= 15 is 0 Å². The average Bonchev–Trinajstić information content (AvgIpc) is 3.49. The number of aryl methyl sites for hydroxylation is 1. The monoisotopic (exact) mass is 740 g/mol. The second-order valence-electron chi connectivity index (χ2n) is 11.0. The highest BCUT2D eigenvalue weighted by molar-refractivity contribution is 8.18. The van der Waals surface area contributed by atoms with E-state index in [2.05, 4.69) is 51.1 Å². The molecular formula is C33H34Cl3F3N6O2S. The number of amides is 2. The molecule has 48 heavy (non-hydrogen) atoms. The van der Waals surface area contributed by atoms with Gasteiger partial charge in [0.25, 0.3) is 0 Å². The summed E-state index contributed by atoms with van der Waals surface area (Å²) < 4.78 is 40.9. The number of carbonyl (C=O) groups is 1. The maximum atomic E-state index is 13.0. The number of aliphatic imine (C=N–C) groups is 1. The molecule has 0 spiro atoms. The topological polar surface area (TPSA) is 84.6 Å². The van der Waals surface area contributed by atoms with E-state index in [1.807, 2.05) is 49.1 Å². The highest BCUT2D eigenvalue weighted by Gasteiger charge is 2.31. The fraction of sp³-hybridized carbons (Fsp3) is 0.333. The largest absolute Gasteiger partial charge is 0.573 e. The van der Waals surface area contributed by atoms with E-state index in [1.165, 1.54) is 35.3 Å². The molecule has 4 aromatic rings. The molecule has 3 aromatic carbocycles. The van der Waals surface area contributed by atoms with Crippen molar-refractivity contribution < 1.29 is 22.7 Å². The fourth-order valence-corrected chi connectivity index (χ4v) is 6.00. The number of anilines is 1. The minimum atomic E-state index is -4.76. The first-order valence-corrected chi connectivity index (χ1v) is 16.9. The molecule has 1 N–H and O–H groups in total. The summed E-state index contributed by atoms with van der Waals surface area (Å²) in [4.78, 5) is 23.6. The SMILES string of the molecule is CCCN(/C(=N/C(=O)NCCc1ccc(-c2ncn(-c3ccc(OC(F)(F)F)cc3)n2)cc1)SC(Cl)(Cl)Cl)c1cc(C)ccc1C(C)C. The van der Waals surface area contributed by atoms with Crippen LogP contribution in [0.4, 0.5) is 23.7 Å². The lowest BCUT2D eigenvalue weighted by atomic mass is 9.98. The van der Waals surface area contributed by atoms with E-state index in [0.717, 1.165) is 46.1 Å². The van der Waals surface area contributed by atoms with Crippen molar-refractivity contribution in [2.45, 2.75) is 55.9 Å². The quantitative estimate of drug-likeness (QED) is 0.0990. The molecule has 2 amide bonds. The van der Waals surface area contributed by atoms with Crippen molar-refractivity contribution in [3.63, 3.8) is 0 Å². The van der Waals surface area contributed by atoms with E-state index in [4.69, 9.17) is 34.8 Å². The van der Waals surface area contributed by atoms with E-state index in [0.29, 0.717) is 31.0 Å². The number of amidine groups is 1. The number of nitrogens with zero attached hydrogens (tertiary/aromatic N) is 5. The van der Waals surface area contributed by atoms with Crippen molar-refractivity contribution in [3.05, 3.63) is 89.7 Å². The van der Waals surface area contributed by atoms with Gasteiger partial charge in [-0.05, 0) is 84.5 Å². The summed E-state index contributed by atoms with van der Waals surface area (Å²) in [5.41, 5.74) is 5.27. The van der Waals surface area contributed by atoms with Gasteiger partial charge in [-0.1, -0.05) is 92.0 Å². The van der Waals surface area contributed by atoms with Crippen LogP contribution in [0.5, 0.6) is 5.75 Å². The molecule has 0 aliphatic heterocycles. The van der Waals surface area contributed by atoms with Crippen LogP contribution in [0.3, 0.4) is 0 Å². The predicted molar refractivity (Wildman–Crippen MR) is 189 cm³/mol. The van der Waals surface area contributed by atoms with Crippen molar-refractivity contribution in [2.24, 2.45) is 4.99 Å². The van der Waals surface area contributed by atoms with Gasteiger partial charge in [-0.2, -0.15) is 4.99 Å². The number of aromatic nitrogens is 3. The van der Waals surface area contributed by atoms with Gasteiger partial charge < -0.3 is 15.0 Å². The van der Waals surface area contributed by atoms with Crippen molar-refractivity contribution in [1.29, 1.82) is 0 Å². The summed E-state index contributed by atoms with van der Waals surface area (Å²) >= 11 is 19.4. The number of halogens is 6. The Bertz CT molecular complexity index is 1710. The first kappa shape index (κ1) is 37.4.